The minimum Gasteiger partial charge on any atom is -0.760 e. The van der Waals surface area contributed by atoms with Gasteiger partial charge in [0.1, 0.15) is 11.6 Å². The van der Waals surface area contributed by atoms with Gasteiger partial charge in [0.05, 0.1) is 0 Å². The maximum atomic E-state index is 14.1. The average molecular weight is 485 g/mol. The summed E-state index contributed by atoms with van der Waals surface area (Å²) in [6.07, 6.45) is 1.61. The summed E-state index contributed by atoms with van der Waals surface area (Å²) in [5.41, 5.74) is 0.325. The molecule has 1 aromatic heterocycles. The van der Waals surface area contributed by atoms with Crippen LogP contribution in [0.5, 0.6) is 17.2 Å². The maximum Gasteiger partial charge on any atom is 0.387 e. The Morgan fingerprint density at radius 3 is 2.48 bits per heavy atom. The van der Waals surface area contributed by atoms with Crippen LogP contribution in [0.1, 0.15) is 5.56 Å². The van der Waals surface area contributed by atoms with Crippen molar-refractivity contribution in [3.63, 3.8) is 0 Å². The molecule has 2 aromatic carbocycles. The van der Waals surface area contributed by atoms with E-state index in [-0.39, 0.29) is 35.6 Å². The van der Waals surface area contributed by atoms with Gasteiger partial charge >= 0.3 is 6.61 Å². The van der Waals surface area contributed by atoms with E-state index in [9.17, 15) is 31.1 Å². The number of nitrogens with one attached hydrogen (secondary N) is 1. The van der Waals surface area contributed by atoms with Crippen LogP contribution in [0.25, 0.3) is 11.1 Å². The topological polar surface area (TPSA) is 92.6 Å². The summed E-state index contributed by atoms with van der Waals surface area (Å²) in [5.74, 6) is -2.59. The molecule has 0 bridgehead atoms. The molecule has 0 aliphatic heterocycles. The first-order chi connectivity index (χ1) is 15.6. The SMILES string of the molecule is Cn1cc(-c2cc(CCNS(=O)[O-])ccc2Oc2ccc(F)cc2F)cc(OC(F)F)c1=O. The van der Waals surface area contributed by atoms with Gasteiger partial charge in [0.2, 0.25) is 0 Å². The second kappa shape index (κ2) is 10.6. The predicted octanol–water partition coefficient (Wildman–Crippen LogP) is 3.65. The lowest BCUT2D eigenvalue weighted by Crippen LogP contribution is -2.20. The van der Waals surface area contributed by atoms with E-state index in [1.807, 2.05) is 0 Å². The molecule has 3 rings (SSSR count). The highest BCUT2D eigenvalue weighted by Gasteiger charge is 2.17. The molecule has 33 heavy (non-hydrogen) atoms. The number of nitrogens with zero attached hydrogens (tertiary/aromatic N) is 1. The summed E-state index contributed by atoms with van der Waals surface area (Å²) >= 11 is -2.45. The summed E-state index contributed by atoms with van der Waals surface area (Å²) in [7, 11) is 1.33. The Labute approximate surface area is 188 Å². The largest absolute Gasteiger partial charge is 0.760 e. The normalized spacial score (nSPS) is 12.1. The number of alkyl halides is 2. The second-order valence-corrected chi connectivity index (χ2v) is 7.53. The Bertz CT molecular complexity index is 1240. The zero-order chi connectivity index (χ0) is 24.1. The van der Waals surface area contributed by atoms with E-state index in [1.54, 1.807) is 12.1 Å². The summed E-state index contributed by atoms with van der Waals surface area (Å²) in [4.78, 5) is 12.1. The van der Waals surface area contributed by atoms with Gasteiger partial charge in [0, 0.05) is 48.2 Å². The van der Waals surface area contributed by atoms with Crippen molar-refractivity contribution in [2.24, 2.45) is 7.05 Å². The second-order valence-electron chi connectivity index (χ2n) is 6.77. The number of halogens is 4. The van der Waals surface area contributed by atoms with E-state index < -0.39 is 40.8 Å². The minimum atomic E-state index is -3.23. The van der Waals surface area contributed by atoms with Crippen LogP contribution in [0, 0.1) is 11.6 Å². The molecule has 176 valence electrons. The highest BCUT2D eigenvalue weighted by Crippen LogP contribution is 2.36. The third-order valence-electron chi connectivity index (χ3n) is 4.47. The van der Waals surface area contributed by atoms with E-state index in [0.717, 1.165) is 22.8 Å². The summed E-state index contributed by atoms with van der Waals surface area (Å²) in [5, 5.41) is 0. The molecule has 0 radical (unpaired) electrons. The van der Waals surface area contributed by atoms with Crippen LogP contribution in [0.4, 0.5) is 17.6 Å². The van der Waals surface area contributed by atoms with Crippen molar-refractivity contribution < 1.29 is 35.8 Å². The van der Waals surface area contributed by atoms with Crippen LogP contribution in [0.3, 0.4) is 0 Å². The Morgan fingerprint density at radius 2 is 1.82 bits per heavy atom. The quantitative estimate of drug-likeness (QED) is 0.369. The van der Waals surface area contributed by atoms with Crippen molar-refractivity contribution in [1.82, 2.24) is 9.29 Å². The molecule has 12 heteroatoms. The molecule has 1 unspecified atom stereocenters. The van der Waals surface area contributed by atoms with Crippen molar-refractivity contribution in [1.29, 1.82) is 0 Å². The molecule has 1 heterocycles. The summed E-state index contributed by atoms with van der Waals surface area (Å²) < 4.78 is 87.4. The van der Waals surface area contributed by atoms with Gasteiger partial charge in [-0.1, -0.05) is 6.07 Å². The Balaban J connectivity index is 2.08. The highest BCUT2D eigenvalue weighted by atomic mass is 32.2. The van der Waals surface area contributed by atoms with Crippen molar-refractivity contribution in [2.45, 2.75) is 13.0 Å². The van der Waals surface area contributed by atoms with Crippen LogP contribution < -0.4 is 19.8 Å². The molecule has 3 aromatic rings. The molecule has 0 aliphatic rings. The van der Waals surface area contributed by atoms with E-state index in [1.165, 1.54) is 19.3 Å². The van der Waals surface area contributed by atoms with Crippen molar-refractivity contribution in [3.05, 3.63) is 76.2 Å². The van der Waals surface area contributed by atoms with Gasteiger partial charge in [-0.3, -0.25) is 9.00 Å². The van der Waals surface area contributed by atoms with Crippen LogP contribution in [-0.2, 0) is 24.7 Å². The fourth-order valence-electron chi connectivity index (χ4n) is 3.01. The molecule has 0 fully saturated rings. The number of hydrogen-bond donors (Lipinski definition) is 1. The van der Waals surface area contributed by atoms with Crippen LogP contribution in [0.2, 0.25) is 0 Å². The van der Waals surface area contributed by atoms with Crippen LogP contribution in [-0.4, -0.2) is 26.5 Å². The summed E-state index contributed by atoms with van der Waals surface area (Å²) in [6, 6.07) is 8.43. The van der Waals surface area contributed by atoms with Crippen LogP contribution in [0.15, 0.2) is 53.5 Å². The van der Waals surface area contributed by atoms with Gasteiger partial charge in [-0.25, -0.2) is 13.5 Å². The number of aromatic nitrogens is 1. The first-order valence-corrected chi connectivity index (χ1v) is 10.5. The van der Waals surface area contributed by atoms with E-state index in [2.05, 4.69) is 9.46 Å². The molecule has 0 saturated heterocycles. The number of rotatable bonds is 9. The predicted molar refractivity (Wildman–Crippen MR) is 111 cm³/mol. The third-order valence-corrected chi connectivity index (χ3v) is 4.91. The van der Waals surface area contributed by atoms with Gasteiger partial charge < -0.3 is 18.6 Å². The molecule has 1 atom stereocenters. The van der Waals surface area contributed by atoms with Gasteiger partial charge in [0.15, 0.2) is 17.3 Å². The number of pyridine rings is 1. The molecule has 0 amide bonds. The van der Waals surface area contributed by atoms with Crippen molar-refractivity contribution in [3.8, 4) is 28.4 Å². The number of aryl methyl sites for hydroxylation is 1. The molecule has 7 nitrogen and oxygen atoms in total. The van der Waals surface area contributed by atoms with E-state index in [4.69, 9.17) is 4.74 Å². The first-order valence-electron chi connectivity index (χ1n) is 9.38. The lowest BCUT2D eigenvalue weighted by Gasteiger charge is -2.16. The smallest absolute Gasteiger partial charge is 0.387 e. The van der Waals surface area contributed by atoms with Gasteiger partial charge in [-0.15, -0.1) is 0 Å². The lowest BCUT2D eigenvalue weighted by atomic mass is 10.0. The van der Waals surface area contributed by atoms with Gasteiger partial charge in [0.25, 0.3) is 5.56 Å². The number of hydrogen-bond acceptors (Lipinski definition) is 5. The first kappa shape index (κ1) is 24.4. The van der Waals surface area contributed by atoms with Gasteiger partial charge in [-0.2, -0.15) is 8.78 Å². The fraction of sp³-hybridized carbons (Fsp3) is 0.190. The molecule has 0 saturated carbocycles. The highest BCUT2D eigenvalue weighted by molar-refractivity contribution is 7.77. The summed E-state index contributed by atoms with van der Waals surface area (Å²) in [6.45, 7) is -3.16. The van der Waals surface area contributed by atoms with E-state index in [0.29, 0.717) is 11.6 Å². The fourth-order valence-corrected chi connectivity index (χ4v) is 3.28. The monoisotopic (exact) mass is 485 g/mol. The van der Waals surface area contributed by atoms with Gasteiger partial charge in [-0.05, 0) is 42.3 Å². The molecular weight excluding hydrogens is 468 g/mol. The Morgan fingerprint density at radius 1 is 1.09 bits per heavy atom. The standard InChI is InChI=1S/C21H18F4N2O5S/c1-27-11-13(9-19(20(27)28)32-21(24)25)15-8-12(6-7-26-33(29)30)2-4-17(15)31-18-5-3-14(22)10-16(18)23/h2-5,8-11,21,26H,6-7H2,1H3,(H,29,30)/p-1. The van der Waals surface area contributed by atoms with Crippen molar-refractivity contribution in [2.75, 3.05) is 6.54 Å². The maximum absolute atomic E-state index is 14.1. The average Bonchev–Trinajstić information content (AvgIpc) is 2.73. The van der Waals surface area contributed by atoms with E-state index >= 15 is 0 Å². The molecule has 0 spiro atoms. The minimum absolute atomic E-state index is 0.0752. The van der Waals surface area contributed by atoms with Crippen molar-refractivity contribution >= 4 is 11.3 Å². The molecular formula is C21H17F4N2O5S-. The Hall–Kier alpha value is -3.22. The van der Waals surface area contributed by atoms with Crippen LogP contribution >= 0.6 is 0 Å². The zero-order valence-electron chi connectivity index (χ0n) is 17.0. The number of ether oxygens (including phenoxy) is 2. The number of benzene rings is 2. The molecule has 1 N–H and O–H groups in total. The lowest BCUT2D eigenvalue weighted by molar-refractivity contribution is -0.0510. The molecule has 0 aliphatic carbocycles. The third kappa shape index (κ3) is 6.40. The Kier molecular flexibility index (Phi) is 7.84. The zero-order valence-corrected chi connectivity index (χ0v) is 17.8.